The van der Waals surface area contributed by atoms with E-state index < -0.39 is 0 Å². The highest BCUT2D eigenvalue weighted by Gasteiger charge is 2.29. The maximum atomic E-state index is 12.1. The average molecular weight is 361 g/mol. The first kappa shape index (κ1) is 19.4. The lowest BCUT2D eigenvalue weighted by atomic mass is 9.92. The summed E-state index contributed by atoms with van der Waals surface area (Å²) in [5.41, 5.74) is 2.45. The lowest BCUT2D eigenvalue weighted by Crippen LogP contribution is -2.44. The zero-order valence-electron chi connectivity index (χ0n) is 15.4. The number of Topliss-reactive ketones (excluding diaryl/α,β-unsaturated/α-hetero) is 1. The van der Waals surface area contributed by atoms with Gasteiger partial charge in [-0.25, -0.2) is 0 Å². The molecule has 1 aromatic carbocycles. The molecule has 0 fully saturated rings. The van der Waals surface area contributed by atoms with Gasteiger partial charge in [0.15, 0.2) is 10.9 Å². The first-order chi connectivity index (χ1) is 12.0. The summed E-state index contributed by atoms with van der Waals surface area (Å²) in [6.07, 6.45) is 6.00. The minimum Gasteiger partial charge on any atom is -0.493 e. The summed E-state index contributed by atoms with van der Waals surface area (Å²) < 4.78 is 6.03. The normalized spacial score (nSPS) is 17.1. The van der Waals surface area contributed by atoms with Gasteiger partial charge in [0.25, 0.3) is 0 Å². The second-order valence-corrected chi connectivity index (χ2v) is 6.84. The fourth-order valence-electron chi connectivity index (χ4n) is 3.13. The van der Waals surface area contributed by atoms with E-state index in [0.717, 1.165) is 23.4 Å². The Balaban J connectivity index is 2.14. The molecule has 1 aliphatic heterocycles. The van der Waals surface area contributed by atoms with Gasteiger partial charge in [-0.15, -0.1) is 0 Å². The maximum absolute atomic E-state index is 12.1. The molecule has 0 radical (unpaired) electrons. The second-order valence-electron chi connectivity index (χ2n) is 6.43. The Hall–Kier alpha value is -1.88. The van der Waals surface area contributed by atoms with Gasteiger partial charge in [0.2, 0.25) is 0 Å². The van der Waals surface area contributed by atoms with E-state index in [-0.39, 0.29) is 11.8 Å². The number of para-hydroxylation sites is 1. The van der Waals surface area contributed by atoms with Crippen molar-refractivity contribution in [3.63, 3.8) is 0 Å². The molecule has 0 bridgehead atoms. The largest absolute Gasteiger partial charge is 0.493 e. The molecule has 1 aliphatic rings. The highest BCUT2D eigenvalue weighted by molar-refractivity contribution is 7.80. The molecular formula is C20H28N2O2S. The van der Waals surface area contributed by atoms with Crippen molar-refractivity contribution < 1.29 is 9.53 Å². The molecule has 1 aromatic rings. The van der Waals surface area contributed by atoms with Gasteiger partial charge in [-0.1, -0.05) is 50.8 Å². The number of unbranched alkanes of at least 4 members (excludes halogenated alkanes) is 4. The topological polar surface area (TPSA) is 50.4 Å². The number of ketones is 1. The van der Waals surface area contributed by atoms with Gasteiger partial charge >= 0.3 is 0 Å². The first-order valence-corrected chi connectivity index (χ1v) is 9.46. The van der Waals surface area contributed by atoms with E-state index in [1.807, 2.05) is 31.2 Å². The summed E-state index contributed by atoms with van der Waals surface area (Å²) in [7, 11) is 0. The molecule has 2 N–H and O–H groups in total. The monoisotopic (exact) mass is 360 g/mol. The Morgan fingerprint density at radius 3 is 2.64 bits per heavy atom. The van der Waals surface area contributed by atoms with Crippen molar-refractivity contribution in [3.05, 3.63) is 41.1 Å². The Morgan fingerprint density at radius 1 is 1.20 bits per heavy atom. The first-order valence-electron chi connectivity index (χ1n) is 9.05. The van der Waals surface area contributed by atoms with Crippen LogP contribution < -0.4 is 15.4 Å². The number of hydrogen-bond donors (Lipinski definition) is 2. The molecule has 0 saturated carbocycles. The van der Waals surface area contributed by atoms with E-state index in [0.29, 0.717) is 17.3 Å². The van der Waals surface area contributed by atoms with Crippen LogP contribution in [0.3, 0.4) is 0 Å². The van der Waals surface area contributed by atoms with Gasteiger partial charge in [0, 0.05) is 16.8 Å². The number of allylic oxidation sites excluding steroid dienone is 1. The van der Waals surface area contributed by atoms with Crippen molar-refractivity contribution in [2.75, 3.05) is 6.61 Å². The van der Waals surface area contributed by atoms with Crippen LogP contribution in [0.15, 0.2) is 35.5 Å². The van der Waals surface area contributed by atoms with Gasteiger partial charge in [0.05, 0.1) is 12.6 Å². The Labute approximate surface area is 156 Å². The van der Waals surface area contributed by atoms with Crippen molar-refractivity contribution >= 4 is 23.1 Å². The van der Waals surface area contributed by atoms with Crippen LogP contribution in [0.1, 0.15) is 64.5 Å². The molecule has 2 rings (SSSR count). The molecule has 1 atom stereocenters. The number of ether oxygens (including phenoxy) is 1. The molecule has 25 heavy (non-hydrogen) atoms. The molecule has 0 aromatic heterocycles. The summed E-state index contributed by atoms with van der Waals surface area (Å²) >= 11 is 5.28. The fourth-order valence-corrected chi connectivity index (χ4v) is 3.40. The predicted octanol–water partition coefficient (Wildman–Crippen LogP) is 4.42. The fraction of sp³-hybridized carbons (Fsp3) is 0.500. The third-order valence-electron chi connectivity index (χ3n) is 4.38. The molecule has 0 spiro atoms. The number of benzene rings is 1. The van der Waals surface area contributed by atoms with Crippen LogP contribution in [-0.4, -0.2) is 17.5 Å². The standard InChI is InChI=1S/C20H28N2O2S/c1-4-5-6-7-10-13-24-17-12-9-8-11-16(17)19-18(15(3)23)14(2)21-20(25)22-19/h8-9,11-12,19H,4-7,10,13H2,1-3H3,(H2,21,22,25). The van der Waals surface area contributed by atoms with Crippen LogP contribution in [0.5, 0.6) is 5.75 Å². The summed E-state index contributed by atoms with van der Waals surface area (Å²) in [5.74, 6) is 0.839. The van der Waals surface area contributed by atoms with Crippen LogP contribution in [0.4, 0.5) is 0 Å². The molecule has 1 unspecified atom stereocenters. The number of carbonyl (C=O) groups is 1. The van der Waals surface area contributed by atoms with Gasteiger partial charge in [-0.05, 0) is 38.6 Å². The van der Waals surface area contributed by atoms with E-state index in [4.69, 9.17) is 17.0 Å². The summed E-state index contributed by atoms with van der Waals surface area (Å²) in [4.78, 5) is 12.1. The van der Waals surface area contributed by atoms with E-state index in [9.17, 15) is 4.79 Å². The summed E-state index contributed by atoms with van der Waals surface area (Å²) in [6, 6.07) is 7.60. The minimum absolute atomic E-state index is 0.0272. The quantitative estimate of drug-likeness (QED) is 0.504. The van der Waals surface area contributed by atoms with Gasteiger partial charge < -0.3 is 15.4 Å². The van der Waals surface area contributed by atoms with Crippen LogP contribution in [0, 0.1) is 0 Å². The van der Waals surface area contributed by atoms with E-state index in [1.54, 1.807) is 6.92 Å². The SMILES string of the molecule is CCCCCCCOc1ccccc1C1NC(=S)NC(C)=C1C(C)=O. The predicted molar refractivity (Wildman–Crippen MR) is 106 cm³/mol. The lowest BCUT2D eigenvalue weighted by Gasteiger charge is -2.30. The third kappa shape index (κ3) is 5.30. The molecule has 0 aliphatic carbocycles. The van der Waals surface area contributed by atoms with Crippen molar-refractivity contribution in [2.24, 2.45) is 0 Å². The molecule has 136 valence electrons. The molecule has 5 heteroatoms. The molecule has 0 saturated heterocycles. The highest BCUT2D eigenvalue weighted by Crippen LogP contribution is 2.33. The van der Waals surface area contributed by atoms with Gasteiger partial charge in [-0.2, -0.15) is 0 Å². The van der Waals surface area contributed by atoms with Crippen molar-refractivity contribution in [1.29, 1.82) is 0 Å². The van der Waals surface area contributed by atoms with Crippen molar-refractivity contribution in [1.82, 2.24) is 10.6 Å². The molecule has 1 heterocycles. The third-order valence-corrected chi connectivity index (χ3v) is 4.60. The minimum atomic E-state index is -0.275. The molecule has 4 nitrogen and oxygen atoms in total. The highest BCUT2D eigenvalue weighted by atomic mass is 32.1. The maximum Gasteiger partial charge on any atom is 0.171 e. The van der Waals surface area contributed by atoms with Crippen molar-refractivity contribution in [2.45, 2.75) is 58.9 Å². The van der Waals surface area contributed by atoms with E-state index >= 15 is 0 Å². The molecular weight excluding hydrogens is 332 g/mol. The van der Waals surface area contributed by atoms with Crippen LogP contribution in [-0.2, 0) is 4.79 Å². The Morgan fingerprint density at radius 2 is 1.92 bits per heavy atom. The summed E-state index contributed by atoms with van der Waals surface area (Å²) in [6.45, 7) is 6.37. The number of rotatable bonds is 9. The zero-order chi connectivity index (χ0) is 18.2. The van der Waals surface area contributed by atoms with Crippen LogP contribution in [0.2, 0.25) is 0 Å². The van der Waals surface area contributed by atoms with Crippen molar-refractivity contribution in [3.8, 4) is 5.75 Å². The number of hydrogen-bond acceptors (Lipinski definition) is 3. The Kier molecular flexibility index (Phi) is 7.44. The van der Waals surface area contributed by atoms with Crippen LogP contribution >= 0.6 is 12.2 Å². The Bertz CT molecular complexity index is 655. The summed E-state index contributed by atoms with van der Waals surface area (Å²) in [5, 5.41) is 6.78. The number of thiocarbonyl (C=S) groups is 1. The van der Waals surface area contributed by atoms with Crippen LogP contribution in [0.25, 0.3) is 0 Å². The zero-order valence-corrected chi connectivity index (χ0v) is 16.2. The van der Waals surface area contributed by atoms with E-state index in [2.05, 4.69) is 17.6 Å². The lowest BCUT2D eigenvalue weighted by molar-refractivity contribution is -0.114. The number of carbonyl (C=O) groups excluding carboxylic acids is 1. The van der Waals surface area contributed by atoms with E-state index in [1.165, 1.54) is 25.7 Å². The van der Waals surface area contributed by atoms with Gasteiger partial charge in [-0.3, -0.25) is 4.79 Å². The average Bonchev–Trinajstić information content (AvgIpc) is 2.57. The van der Waals surface area contributed by atoms with Gasteiger partial charge in [0.1, 0.15) is 5.75 Å². The number of nitrogens with one attached hydrogen (secondary N) is 2. The second kappa shape index (κ2) is 9.56. The smallest absolute Gasteiger partial charge is 0.171 e. The molecule has 0 amide bonds.